The molecule has 3 atom stereocenters. The average Bonchev–Trinajstić information content (AvgIpc) is 3.15. The molecular weight excluding hydrogens is 340 g/mol. The highest BCUT2D eigenvalue weighted by Crippen LogP contribution is 2.29. The molecule has 4 heterocycles. The van der Waals surface area contributed by atoms with E-state index in [4.69, 9.17) is 4.42 Å². The van der Waals surface area contributed by atoms with Gasteiger partial charge in [-0.05, 0) is 59.1 Å². The van der Waals surface area contributed by atoms with Gasteiger partial charge < -0.3 is 19.5 Å². The van der Waals surface area contributed by atoms with Crippen molar-refractivity contribution in [3.63, 3.8) is 0 Å². The van der Waals surface area contributed by atoms with E-state index >= 15 is 0 Å². The molecule has 3 unspecified atom stereocenters. The van der Waals surface area contributed by atoms with Crippen LogP contribution < -0.4 is 10.2 Å². The second-order valence-electron chi connectivity index (χ2n) is 8.61. The SMILES string of the molecule is CC(C)N(c1cc2cc(C(=O)NC3CC4CCN(C4)C3)ncc2o1)C(C)C. The van der Waals surface area contributed by atoms with Crippen molar-refractivity contribution in [1.29, 1.82) is 0 Å². The summed E-state index contributed by atoms with van der Waals surface area (Å²) in [5.74, 6) is 1.47. The first-order chi connectivity index (χ1) is 12.9. The van der Waals surface area contributed by atoms with Crippen molar-refractivity contribution < 1.29 is 9.21 Å². The van der Waals surface area contributed by atoms with E-state index in [2.05, 4.69) is 47.8 Å². The summed E-state index contributed by atoms with van der Waals surface area (Å²) in [5.41, 5.74) is 1.18. The Labute approximate surface area is 160 Å². The molecule has 4 rings (SSSR count). The van der Waals surface area contributed by atoms with Crippen LogP contribution in [-0.4, -0.2) is 53.6 Å². The number of carbonyl (C=O) groups is 1. The van der Waals surface area contributed by atoms with E-state index in [1.807, 2.05) is 12.1 Å². The number of amides is 1. The Hall–Kier alpha value is -2.08. The third-order valence-corrected chi connectivity index (χ3v) is 5.79. The molecule has 6 nitrogen and oxygen atoms in total. The smallest absolute Gasteiger partial charge is 0.270 e. The largest absolute Gasteiger partial charge is 0.439 e. The first-order valence-electron chi connectivity index (χ1n) is 10.1. The van der Waals surface area contributed by atoms with Gasteiger partial charge in [0, 0.05) is 42.7 Å². The molecule has 2 bridgehead atoms. The molecule has 0 saturated carbocycles. The Morgan fingerprint density at radius 1 is 1.26 bits per heavy atom. The molecule has 0 aromatic carbocycles. The second-order valence-corrected chi connectivity index (χ2v) is 8.61. The van der Waals surface area contributed by atoms with Crippen LogP contribution in [0.2, 0.25) is 0 Å². The summed E-state index contributed by atoms with van der Waals surface area (Å²) >= 11 is 0. The van der Waals surface area contributed by atoms with Crippen LogP contribution in [0.3, 0.4) is 0 Å². The normalized spacial score (nSPS) is 24.7. The van der Waals surface area contributed by atoms with E-state index in [9.17, 15) is 4.79 Å². The van der Waals surface area contributed by atoms with Crippen LogP contribution in [0.15, 0.2) is 22.7 Å². The van der Waals surface area contributed by atoms with E-state index in [-0.39, 0.29) is 11.9 Å². The number of carbonyl (C=O) groups excluding carboxylic acids is 1. The van der Waals surface area contributed by atoms with Crippen molar-refractivity contribution in [1.82, 2.24) is 15.2 Å². The lowest BCUT2D eigenvalue weighted by molar-refractivity contribution is 0.0904. The molecule has 1 amide bonds. The quantitative estimate of drug-likeness (QED) is 0.875. The molecule has 0 radical (unpaired) electrons. The topological polar surface area (TPSA) is 61.6 Å². The number of rotatable bonds is 5. The van der Waals surface area contributed by atoms with Crippen molar-refractivity contribution in [3.05, 3.63) is 24.0 Å². The summed E-state index contributed by atoms with van der Waals surface area (Å²) < 4.78 is 6.00. The van der Waals surface area contributed by atoms with Crippen molar-refractivity contribution in [2.45, 2.75) is 58.7 Å². The summed E-state index contributed by atoms with van der Waals surface area (Å²) in [5, 5.41) is 4.10. The van der Waals surface area contributed by atoms with E-state index in [1.54, 1.807) is 6.20 Å². The Balaban J connectivity index is 1.51. The summed E-state index contributed by atoms with van der Waals surface area (Å²) in [6.07, 6.45) is 4.01. The molecule has 6 heteroatoms. The number of aromatic nitrogens is 1. The fraction of sp³-hybridized carbons (Fsp3) is 0.619. The summed E-state index contributed by atoms with van der Waals surface area (Å²) in [6.45, 7) is 11.9. The van der Waals surface area contributed by atoms with Gasteiger partial charge in [-0.2, -0.15) is 0 Å². The van der Waals surface area contributed by atoms with Gasteiger partial charge in [0.2, 0.25) is 0 Å². The first kappa shape index (κ1) is 18.3. The van der Waals surface area contributed by atoms with E-state index in [0.29, 0.717) is 17.8 Å². The van der Waals surface area contributed by atoms with Gasteiger partial charge in [-0.3, -0.25) is 4.79 Å². The van der Waals surface area contributed by atoms with Crippen LogP contribution in [0.1, 0.15) is 51.0 Å². The minimum atomic E-state index is -0.0864. The number of hydrogen-bond acceptors (Lipinski definition) is 5. The number of anilines is 1. The van der Waals surface area contributed by atoms with Crippen LogP contribution in [0.4, 0.5) is 5.88 Å². The molecule has 2 saturated heterocycles. The van der Waals surface area contributed by atoms with Gasteiger partial charge in [-0.25, -0.2) is 4.98 Å². The minimum absolute atomic E-state index is 0.0864. The highest BCUT2D eigenvalue weighted by Gasteiger charge is 2.33. The maximum atomic E-state index is 12.7. The molecule has 0 aliphatic carbocycles. The number of nitrogens with one attached hydrogen (secondary N) is 1. The van der Waals surface area contributed by atoms with Crippen LogP contribution >= 0.6 is 0 Å². The minimum Gasteiger partial charge on any atom is -0.439 e. The van der Waals surface area contributed by atoms with Crippen molar-refractivity contribution in [2.24, 2.45) is 5.92 Å². The fourth-order valence-electron chi connectivity index (χ4n) is 4.71. The van der Waals surface area contributed by atoms with E-state index < -0.39 is 0 Å². The Morgan fingerprint density at radius 2 is 2.04 bits per heavy atom. The zero-order valence-corrected chi connectivity index (χ0v) is 16.7. The molecular formula is C21H30N4O2. The highest BCUT2D eigenvalue weighted by atomic mass is 16.4. The molecule has 27 heavy (non-hydrogen) atoms. The Morgan fingerprint density at radius 3 is 2.74 bits per heavy atom. The van der Waals surface area contributed by atoms with Gasteiger partial charge in [-0.15, -0.1) is 0 Å². The van der Waals surface area contributed by atoms with Gasteiger partial charge in [0.15, 0.2) is 11.5 Å². The predicted octanol–water partition coefficient (Wildman–Crippen LogP) is 3.28. The lowest BCUT2D eigenvalue weighted by Gasteiger charge is -2.30. The lowest BCUT2D eigenvalue weighted by Crippen LogP contribution is -2.47. The number of hydrogen-bond donors (Lipinski definition) is 1. The van der Waals surface area contributed by atoms with Gasteiger partial charge in [0.1, 0.15) is 5.69 Å². The summed E-state index contributed by atoms with van der Waals surface area (Å²) in [7, 11) is 0. The van der Waals surface area contributed by atoms with E-state index in [1.165, 1.54) is 19.5 Å². The van der Waals surface area contributed by atoms with Gasteiger partial charge in [-0.1, -0.05) is 0 Å². The number of furan rings is 1. The standard InChI is InChI=1S/C21H30N4O2/c1-13(2)25(14(3)4)20-9-16-8-18(22-10-19(16)27-20)21(26)23-17-7-15-5-6-24(11-15)12-17/h8-10,13-15,17H,5-7,11-12H2,1-4H3,(H,23,26). The second kappa shape index (κ2) is 7.15. The fourth-order valence-corrected chi connectivity index (χ4v) is 4.71. The van der Waals surface area contributed by atoms with Gasteiger partial charge >= 0.3 is 0 Å². The maximum absolute atomic E-state index is 12.7. The number of pyridine rings is 1. The first-order valence-corrected chi connectivity index (χ1v) is 10.1. The summed E-state index contributed by atoms with van der Waals surface area (Å²) in [6, 6.07) is 4.75. The zero-order chi connectivity index (χ0) is 19.1. The number of fused-ring (bicyclic) bond motifs is 3. The third kappa shape index (κ3) is 3.68. The van der Waals surface area contributed by atoms with Crippen molar-refractivity contribution in [3.8, 4) is 0 Å². The van der Waals surface area contributed by atoms with Gasteiger partial charge in [0.25, 0.3) is 5.91 Å². The molecule has 2 aromatic heterocycles. The number of nitrogens with zero attached hydrogens (tertiary/aromatic N) is 3. The number of piperidine rings is 1. The molecule has 2 aliphatic rings. The lowest BCUT2D eigenvalue weighted by atomic mass is 9.97. The molecule has 2 aromatic rings. The van der Waals surface area contributed by atoms with Crippen LogP contribution in [-0.2, 0) is 0 Å². The van der Waals surface area contributed by atoms with E-state index in [0.717, 1.165) is 35.7 Å². The molecule has 1 N–H and O–H groups in total. The Bertz CT molecular complexity index is 809. The van der Waals surface area contributed by atoms with Crippen molar-refractivity contribution in [2.75, 3.05) is 24.5 Å². The molecule has 2 fully saturated rings. The molecule has 146 valence electrons. The van der Waals surface area contributed by atoms with Gasteiger partial charge in [0.05, 0.1) is 6.20 Å². The molecule has 0 spiro atoms. The Kier molecular flexibility index (Phi) is 4.84. The zero-order valence-electron chi connectivity index (χ0n) is 16.7. The van der Waals surface area contributed by atoms with Crippen LogP contribution in [0.5, 0.6) is 0 Å². The predicted molar refractivity (Wildman–Crippen MR) is 107 cm³/mol. The monoisotopic (exact) mass is 370 g/mol. The summed E-state index contributed by atoms with van der Waals surface area (Å²) in [4.78, 5) is 21.7. The molecule has 2 aliphatic heterocycles. The highest BCUT2D eigenvalue weighted by molar-refractivity contribution is 5.96. The van der Waals surface area contributed by atoms with Crippen molar-refractivity contribution >= 4 is 22.8 Å². The van der Waals surface area contributed by atoms with Crippen LogP contribution in [0, 0.1) is 5.92 Å². The third-order valence-electron chi connectivity index (χ3n) is 5.79. The van der Waals surface area contributed by atoms with Crippen LogP contribution in [0.25, 0.3) is 11.0 Å². The average molecular weight is 370 g/mol. The maximum Gasteiger partial charge on any atom is 0.270 e.